The molecule has 0 saturated carbocycles. The van der Waals surface area contributed by atoms with Gasteiger partial charge in [-0.25, -0.2) is 0 Å². The minimum absolute atomic E-state index is 1.08. The molecule has 22 aromatic rings. The second-order valence-electron chi connectivity index (χ2n) is 30.4. The smallest absolute Gasteiger partial charge is 0.0473 e. The zero-order chi connectivity index (χ0) is 79.4. The number of rotatable bonds is 13. The van der Waals surface area contributed by atoms with E-state index in [0.717, 1.165) is 32.9 Å². The number of anilines is 5. The van der Waals surface area contributed by atoms with Crippen LogP contribution in [0.3, 0.4) is 0 Å². The van der Waals surface area contributed by atoms with Crippen molar-refractivity contribution < 1.29 is 0 Å². The van der Waals surface area contributed by atoms with Crippen molar-refractivity contribution in [2.75, 3.05) is 10.2 Å². The van der Waals surface area contributed by atoms with E-state index in [1.54, 1.807) is 0 Å². The summed E-state index contributed by atoms with van der Waals surface area (Å²) >= 11 is 3.84. The molecule has 119 heavy (non-hydrogen) atoms. The SMILES string of the molecule is Brc1cc(-c2cc3ccccc3c3ccccc23)cc(-c2cc3ccccc3c3ccccc23)c1.c1ccc(-c2ccc(N(c3ccc(-c4ccccc4)cc3)c3cc(-c4cc5ccccc5c5ccccc45)cc(-c4cc5ccccc5c5ccccc45)c3)cc2)cc1.c1ccc(-c2ccc(Nc3ccc(-c4ccccc4)cc3)cc2)cc1. The van der Waals surface area contributed by atoms with E-state index < -0.39 is 0 Å². The molecule has 3 heteroatoms. The van der Waals surface area contributed by atoms with Crippen LogP contribution in [0.4, 0.5) is 28.4 Å². The summed E-state index contributed by atoms with van der Waals surface area (Å²) in [4.78, 5) is 2.42. The largest absolute Gasteiger partial charge is 0.356 e. The summed E-state index contributed by atoms with van der Waals surface area (Å²) in [7, 11) is 0. The number of hydrogen-bond acceptors (Lipinski definition) is 2. The lowest BCUT2D eigenvalue weighted by Gasteiger charge is -2.28. The lowest BCUT2D eigenvalue weighted by molar-refractivity contribution is 1.28. The number of fused-ring (bicyclic) bond motifs is 12. The topological polar surface area (TPSA) is 15.3 Å². The van der Waals surface area contributed by atoms with Gasteiger partial charge in [0.15, 0.2) is 0 Å². The van der Waals surface area contributed by atoms with Gasteiger partial charge in [-0.2, -0.15) is 0 Å². The second-order valence-corrected chi connectivity index (χ2v) is 31.3. The first-order valence-electron chi connectivity index (χ1n) is 40.7. The van der Waals surface area contributed by atoms with E-state index in [0.29, 0.717) is 0 Å². The van der Waals surface area contributed by atoms with Crippen LogP contribution in [-0.4, -0.2) is 0 Å². The Morgan fingerprint density at radius 2 is 0.361 bits per heavy atom. The van der Waals surface area contributed by atoms with Crippen molar-refractivity contribution in [2.45, 2.75) is 0 Å². The highest BCUT2D eigenvalue weighted by Crippen LogP contribution is 2.47. The molecule has 0 spiro atoms. The highest BCUT2D eigenvalue weighted by atomic mass is 79.9. The molecule has 0 radical (unpaired) electrons. The summed E-state index contributed by atoms with van der Waals surface area (Å²) in [6.45, 7) is 0. The Labute approximate surface area is 702 Å². The van der Waals surface area contributed by atoms with Crippen LogP contribution < -0.4 is 10.2 Å². The molecular formula is C116H79BrN2. The first kappa shape index (κ1) is 72.9. The van der Waals surface area contributed by atoms with Gasteiger partial charge in [0.05, 0.1) is 0 Å². The zero-order valence-electron chi connectivity index (χ0n) is 65.4. The summed E-state index contributed by atoms with van der Waals surface area (Å²) in [6, 6.07) is 171. The summed E-state index contributed by atoms with van der Waals surface area (Å²) < 4.78 is 1.08. The molecule has 0 saturated heterocycles. The monoisotopic (exact) mass is 1580 g/mol. The lowest BCUT2D eigenvalue weighted by Crippen LogP contribution is -2.10. The molecule has 1 N–H and O–H groups in total. The molecule has 0 heterocycles. The molecule has 2 nitrogen and oxygen atoms in total. The minimum atomic E-state index is 1.08. The Hall–Kier alpha value is -15.0. The Morgan fingerprint density at radius 1 is 0.151 bits per heavy atom. The van der Waals surface area contributed by atoms with Gasteiger partial charge in [0.2, 0.25) is 0 Å². The van der Waals surface area contributed by atoms with Crippen molar-refractivity contribution in [3.05, 3.63) is 478 Å². The van der Waals surface area contributed by atoms with Crippen LogP contribution in [0.15, 0.2) is 478 Å². The third-order valence-corrected chi connectivity index (χ3v) is 23.6. The highest BCUT2D eigenvalue weighted by Gasteiger charge is 2.21. The molecule has 22 aromatic carbocycles. The van der Waals surface area contributed by atoms with E-state index >= 15 is 0 Å². The molecule has 0 aliphatic carbocycles. The van der Waals surface area contributed by atoms with E-state index in [4.69, 9.17) is 0 Å². The maximum absolute atomic E-state index is 3.84. The van der Waals surface area contributed by atoms with E-state index in [1.807, 2.05) is 12.1 Å². The van der Waals surface area contributed by atoms with Gasteiger partial charge in [-0.15, -0.1) is 0 Å². The van der Waals surface area contributed by atoms with Crippen molar-refractivity contribution in [3.63, 3.8) is 0 Å². The Morgan fingerprint density at radius 3 is 0.630 bits per heavy atom. The Kier molecular flexibility index (Phi) is 20.0. The molecule has 560 valence electrons. The van der Waals surface area contributed by atoms with E-state index in [2.05, 4.69) is 487 Å². The molecule has 0 aromatic heterocycles. The van der Waals surface area contributed by atoms with Crippen LogP contribution in [0.1, 0.15) is 0 Å². The van der Waals surface area contributed by atoms with Crippen molar-refractivity contribution in [1.82, 2.24) is 0 Å². The van der Waals surface area contributed by atoms with Gasteiger partial charge >= 0.3 is 0 Å². The van der Waals surface area contributed by atoms with Gasteiger partial charge in [-0.3, -0.25) is 0 Å². The zero-order valence-corrected chi connectivity index (χ0v) is 66.9. The van der Waals surface area contributed by atoms with Crippen LogP contribution in [0.5, 0.6) is 0 Å². The minimum Gasteiger partial charge on any atom is -0.356 e. The first-order valence-corrected chi connectivity index (χ1v) is 41.5. The summed E-state index contributed by atoms with van der Waals surface area (Å²) in [5.74, 6) is 0. The van der Waals surface area contributed by atoms with Crippen molar-refractivity contribution in [2.24, 2.45) is 0 Å². The van der Waals surface area contributed by atoms with Crippen LogP contribution in [0, 0.1) is 0 Å². The maximum Gasteiger partial charge on any atom is 0.0473 e. The fourth-order valence-electron chi connectivity index (χ4n) is 17.4. The molecule has 0 unspecified atom stereocenters. The molecule has 0 bridgehead atoms. The van der Waals surface area contributed by atoms with E-state index in [1.165, 1.54) is 175 Å². The van der Waals surface area contributed by atoms with Crippen LogP contribution in [0.25, 0.3) is 175 Å². The third kappa shape index (κ3) is 15.0. The summed E-state index contributed by atoms with van der Waals surface area (Å²) in [5, 5.41) is 23.7. The fraction of sp³-hybridized carbons (Fsp3) is 0. The van der Waals surface area contributed by atoms with Crippen LogP contribution >= 0.6 is 15.9 Å². The van der Waals surface area contributed by atoms with Crippen molar-refractivity contribution >= 4 is 131 Å². The highest BCUT2D eigenvalue weighted by molar-refractivity contribution is 9.10. The molecule has 0 fully saturated rings. The molecule has 0 aliphatic heterocycles. The number of nitrogens with zero attached hydrogens (tertiary/aromatic N) is 1. The molecule has 0 amide bonds. The molecule has 0 atom stereocenters. The van der Waals surface area contributed by atoms with Crippen LogP contribution in [0.2, 0.25) is 0 Å². The predicted octanol–water partition coefficient (Wildman–Crippen LogP) is 33.6. The number of hydrogen-bond donors (Lipinski definition) is 1. The summed E-state index contributed by atoms with van der Waals surface area (Å²) in [6.07, 6.45) is 0. The van der Waals surface area contributed by atoms with Gasteiger partial charge in [-0.05, 0) is 284 Å². The average molecular weight is 1580 g/mol. The number of halogens is 1. The fourth-order valence-corrected chi connectivity index (χ4v) is 17.9. The van der Waals surface area contributed by atoms with Crippen molar-refractivity contribution in [1.29, 1.82) is 0 Å². The second kappa shape index (κ2) is 32.7. The molecule has 0 aliphatic rings. The quantitative estimate of drug-likeness (QED) is 0.116. The first-order chi connectivity index (χ1) is 58.9. The van der Waals surface area contributed by atoms with Gasteiger partial charge in [0.1, 0.15) is 0 Å². The lowest BCUT2D eigenvalue weighted by atomic mass is 9.89. The van der Waals surface area contributed by atoms with Crippen molar-refractivity contribution in [3.8, 4) is 89.0 Å². The third-order valence-electron chi connectivity index (χ3n) is 23.1. The number of nitrogens with one attached hydrogen (secondary N) is 1. The van der Waals surface area contributed by atoms with Gasteiger partial charge < -0.3 is 10.2 Å². The number of benzene rings is 22. The van der Waals surface area contributed by atoms with E-state index in [9.17, 15) is 0 Å². The Bertz CT molecular complexity index is 7020. The van der Waals surface area contributed by atoms with Gasteiger partial charge in [0, 0.05) is 32.9 Å². The Balaban J connectivity index is 0.000000127. The predicted molar refractivity (Wildman–Crippen MR) is 515 cm³/mol. The average Bonchev–Trinajstić information content (AvgIpc) is 0.751. The van der Waals surface area contributed by atoms with Gasteiger partial charge in [-0.1, -0.05) is 380 Å². The normalized spacial score (nSPS) is 11.2. The van der Waals surface area contributed by atoms with Crippen LogP contribution in [-0.2, 0) is 0 Å². The molecule has 22 rings (SSSR count). The maximum atomic E-state index is 3.84. The molecular weight excluding hydrogens is 1500 g/mol. The standard InChI is InChI=1S/C58H39N.C34H21Br.C24H19N/c1-3-15-40(16-4-1)42-27-31-48(32-28-42)59(49-33-29-43(30-34-49)41-17-5-2-6-18-41)50-36-46(57-38-44-19-7-9-21-51(44)53-23-11-13-25-55(53)57)35-47(37-50)58-39-45-20-8-10-22-52(45)54-24-12-14-26-56(54)58;35-26-18-24(33-20-22-9-1-3-11-27(22)29-13-5-7-15-31(29)33)17-25(19-26)34-21-23-10-2-4-12-28(23)30-14-6-8-16-32(30)34;1-3-7-19(8-4-1)21-11-15-23(16-12-21)25-24-17-13-22(14-18-24)20-9-5-2-6-10-20/h1-39H;1-21H;1-18,25H. The summed E-state index contributed by atoms with van der Waals surface area (Å²) in [5.41, 5.74) is 24.9. The van der Waals surface area contributed by atoms with Gasteiger partial charge in [0.25, 0.3) is 0 Å². The van der Waals surface area contributed by atoms with E-state index in [-0.39, 0.29) is 0 Å².